The molecule has 2 saturated carbocycles. The zero-order chi connectivity index (χ0) is 49.7. The second kappa shape index (κ2) is 19.5. The Hall–Kier alpha value is -8.35. The summed E-state index contributed by atoms with van der Waals surface area (Å²) in [7, 11) is 0. The van der Waals surface area contributed by atoms with Crippen LogP contribution < -0.4 is 26.2 Å². The molecule has 0 amide bonds. The second-order valence-electron chi connectivity index (χ2n) is 21.2. The minimum atomic E-state index is -0.0207. The molecule has 0 spiro atoms. The molecule has 75 heavy (non-hydrogen) atoms. The lowest BCUT2D eigenvalue weighted by Gasteiger charge is -2.45. The molecule has 0 atom stereocenters. The molecule has 10 aromatic rings. The molecule has 0 N–H and O–H groups in total. The largest absolute Gasteiger partial charge is 0.311 e. The molecule has 6 heteroatoms. The summed E-state index contributed by atoms with van der Waals surface area (Å²) in [5, 5.41) is 0. The first-order chi connectivity index (χ1) is 37.2. The van der Waals surface area contributed by atoms with Gasteiger partial charge < -0.3 is 9.80 Å². The number of benzene rings is 9. The van der Waals surface area contributed by atoms with Gasteiger partial charge >= 0.3 is 0 Å². The number of rotatable bonds is 9. The molecule has 3 heterocycles. The van der Waals surface area contributed by atoms with Gasteiger partial charge in [-0.15, -0.1) is 0 Å². The Morgan fingerprint density at radius 3 is 1.04 bits per heavy atom. The Labute approximate surface area is 441 Å². The third-order valence-corrected chi connectivity index (χ3v) is 16.7. The van der Waals surface area contributed by atoms with Gasteiger partial charge in [0.2, 0.25) is 0 Å². The quantitative estimate of drug-likeness (QED) is 0.135. The first kappa shape index (κ1) is 45.3. The third kappa shape index (κ3) is 8.43. The van der Waals surface area contributed by atoms with E-state index in [9.17, 15) is 0 Å². The smallest absolute Gasteiger partial charge is 0.252 e. The topological polar surface area (TPSA) is 45.2 Å². The maximum atomic E-state index is 5.43. The summed E-state index contributed by atoms with van der Waals surface area (Å²) in [5.41, 5.74) is 21.5. The number of aromatic nitrogens is 3. The molecule has 1 aromatic heterocycles. The van der Waals surface area contributed by atoms with E-state index >= 15 is 0 Å². The first-order valence-corrected chi connectivity index (χ1v) is 27.4. The van der Waals surface area contributed by atoms with Gasteiger partial charge in [0.25, 0.3) is 6.71 Å². The van der Waals surface area contributed by atoms with Crippen LogP contribution in [0.15, 0.2) is 218 Å². The van der Waals surface area contributed by atoms with Gasteiger partial charge in [-0.1, -0.05) is 208 Å². The van der Waals surface area contributed by atoms with Crippen molar-refractivity contribution in [2.45, 2.75) is 76.0 Å². The zero-order valence-electron chi connectivity index (χ0n) is 42.3. The van der Waals surface area contributed by atoms with Crippen molar-refractivity contribution < 1.29 is 0 Å². The monoisotopic (exact) mass is 967 g/mol. The summed E-state index contributed by atoms with van der Waals surface area (Å²) in [4.78, 5) is 21.2. The van der Waals surface area contributed by atoms with Gasteiger partial charge in [0, 0.05) is 50.8 Å². The minimum absolute atomic E-state index is 0.0207. The van der Waals surface area contributed by atoms with Gasteiger partial charge in [0.15, 0.2) is 17.5 Å². The van der Waals surface area contributed by atoms with Crippen molar-refractivity contribution in [1.82, 2.24) is 15.0 Å². The molecule has 2 aliphatic carbocycles. The number of fused-ring (bicyclic) bond motifs is 4. The van der Waals surface area contributed by atoms with E-state index in [2.05, 4.69) is 216 Å². The Kier molecular flexibility index (Phi) is 11.8. The van der Waals surface area contributed by atoms with E-state index in [-0.39, 0.29) is 6.71 Å². The van der Waals surface area contributed by atoms with Crippen LogP contribution in [0.2, 0.25) is 0 Å². The average Bonchev–Trinajstić information content (AvgIpc) is 3.50. The van der Waals surface area contributed by atoms with Gasteiger partial charge in [-0.25, -0.2) is 15.0 Å². The van der Waals surface area contributed by atoms with E-state index in [1.165, 1.54) is 125 Å². The molecule has 2 fully saturated rings. The number of nitrogens with zero attached hydrogens (tertiary/aromatic N) is 5. The fourth-order valence-electron chi connectivity index (χ4n) is 12.9. The van der Waals surface area contributed by atoms with Crippen molar-refractivity contribution >= 4 is 57.2 Å². The van der Waals surface area contributed by atoms with Crippen molar-refractivity contribution in [2.75, 3.05) is 9.80 Å². The lowest BCUT2D eigenvalue weighted by molar-refractivity contribution is 0.444. The van der Waals surface area contributed by atoms with Crippen molar-refractivity contribution in [3.63, 3.8) is 0 Å². The molecule has 2 aliphatic heterocycles. The van der Waals surface area contributed by atoms with Gasteiger partial charge in [-0.2, -0.15) is 0 Å². The molecule has 0 unspecified atom stereocenters. The molecule has 0 bridgehead atoms. The van der Waals surface area contributed by atoms with E-state index in [4.69, 9.17) is 15.0 Å². The van der Waals surface area contributed by atoms with E-state index in [1.807, 2.05) is 12.1 Å². The lowest BCUT2D eigenvalue weighted by atomic mass is 9.33. The van der Waals surface area contributed by atoms with Gasteiger partial charge in [-0.3, -0.25) is 0 Å². The van der Waals surface area contributed by atoms with Crippen LogP contribution in [0.4, 0.5) is 34.1 Å². The zero-order valence-corrected chi connectivity index (χ0v) is 42.3. The van der Waals surface area contributed by atoms with E-state index in [1.54, 1.807) is 0 Å². The van der Waals surface area contributed by atoms with Crippen molar-refractivity contribution in [3.05, 3.63) is 230 Å². The lowest BCUT2D eigenvalue weighted by Crippen LogP contribution is -2.61. The van der Waals surface area contributed by atoms with Crippen LogP contribution in [0, 0.1) is 0 Å². The molecule has 9 aromatic carbocycles. The Morgan fingerprint density at radius 1 is 0.307 bits per heavy atom. The average molecular weight is 968 g/mol. The van der Waals surface area contributed by atoms with Gasteiger partial charge in [0.05, 0.1) is 0 Å². The summed E-state index contributed by atoms with van der Waals surface area (Å²) >= 11 is 0. The van der Waals surface area contributed by atoms with Crippen molar-refractivity contribution in [2.24, 2.45) is 0 Å². The fourth-order valence-corrected chi connectivity index (χ4v) is 12.9. The van der Waals surface area contributed by atoms with Crippen molar-refractivity contribution in [3.8, 4) is 56.4 Å². The molecular weight excluding hydrogens is 910 g/mol. The summed E-state index contributed by atoms with van der Waals surface area (Å²) in [6, 6.07) is 80.6. The number of anilines is 6. The second-order valence-corrected chi connectivity index (χ2v) is 21.2. The molecule has 0 saturated heterocycles. The normalized spacial score (nSPS) is 15.3. The standard InChI is InChI=1S/C69H58BN5/c1-7-19-47(20-8-1)51-31-37-58(38-32-51)74-62-43-55(49-23-11-3-12-24-49)35-41-60(62)70-61-42-36-56(50-25-13-4-14-26-50)44-63(61)75(59-39-33-52(34-40-59)48-21-9-2-10-22-48)65-46-57(45-64(74)66(65)70)69-72-67(53-27-15-5-16-28-53)71-68(73-69)54-29-17-6-18-30-54/h1-2,5-10,15-22,27-46,49-50H,3-4,11-14,23-26H2. The maximum absolute atomic E-state index is 5.43. The van der Waals surface area contributed by atoms with E-state index < -0.39 is 0 Å². The third-order valence-electron chi connectivity index (χ3n) is 16.7. The van der Waals surface area contributed by atoms with Crippen LogP contribution in [0.1, 0.15) is 87.2 Å². The highest BCUT2D eigenvalue weighted by Crippen LogP contribution is 2.48. The predicted octanol–water partition coefficient (Wildman–Crippen LogP) is 16.4. The summed E-state index contributed by atoms with van der Waals surface area (Å²) in [6.45, 7) is -0.0207. The van der Waals surface area contributed by atoms with Crippen LogP contribution in [0.3, 0.4) is 0 Å². The summed E-state index contributed by atoms with van der Waals surface area (Å²) in [6.07, 6.45) is 12.7. The first-order valence-electron chi connectivity index (χ1n) is 27.4. The Balaban J connectivity index is 1.05. The molecule has 14 rings (SSSR count). The van der Waals surface area contributed by atoms with E-state index in [0.717, 1.165) is 39.4 Å². The Bertz CT molecular complexity index is 3430. The highest BCUT2D eigenvalue weighted by molar-refractivity contribution is 7.00. The minimum Gasteiger partial charge on any atom is -0.311 e. The number of hydrogen-bond donors (Lipinski definition) is 0. The predicted molar refractivity (Wildman–Crippen MR) is 313 cm³/mol. The number of hydrogen-bond acceptors (Lipinski definition) is 5. The molecule has 0 radical (unpaired) electrons. The van der Waals surface area contributed by atoms with Gasteiger partial charge in [0.1, 0.15) is 0 Å². The molecular formula is C69H58BN5. The fraction of sp³-hybridized carbons (Fsp3) is 0.174. The van der Waals surface area contributed by atoms with Crippen LogP contribution in [0.25, 0.3) is 56.4 Å². The highest BCUT2D eigenvalue weighted by Gasteiger charge is 2.44. The van der Waals surface area contributed by atoms with Crippen molar-refractivity contribution in [1.29, 1.82) is 0 Å². The van der Waals surface area contributed by atoms with Crippen LogP contribution in [0.5, 0.6) is 0 Å². The molecule has 362 valence electrons. The SMILES string of the molecule is c1ccc(-c2ccc(N3c4cc(C5CCCCC5)ccc4B4c5ccc(C6CCCCC6)cc5N(c5ccc(-c6ccccc6)cc5)c5cc(-c6nc(-c7ccccc7)nc(-c7ccccc7)n6)cc3c54)cc2)cc1. The highest BCUT2D eigenvalue weighted by atomic mass is 15.2. The summed E-state index contributed by atoms with van der Waals surface area (Å²) in [5.74, 6) is 3.02. The Morgan fingerprint density at radius 2 is 0.653 bits per heavy atom. The summed E-state index contributed by atoms with van der Waals surface area (Å²) < 4.78 is 0. The van der Waals surface area contributed by atoms with Crippen LogP contribution in [-0.4, -0.2) is 21.7 Å². The van der Waals surface area contributed by atoms with Crippen LogP contribution in [-0.2, 0) is 0 Å². The van der Waals surface area contributed by atoms with Gasteiger partial charge in [-0.05, 0) is 136 Å². The van der Waals surface area contributed by atoms with E-state index in [0.29, 0.717) is 29.3 Å². The molecule has 5 nitrogen and oxygen atoms in total. The van der Waals surface area contributed by atoms with Crippen LogP contribution >= 0.6 is 0 Å². The molecule has 4 aliphatic rings. The maximum Gasteiger partial charge on any atom is 0.252 e.